The Bertz CT molecular complexity index is 569. The molecule has 0 fully saturated rings. The lowest BCUT2D eigenvalue weighted by Gasteiger charge is -2.13. The maximum Gasteiger partial charge on any atom is 0.490 e. The number of para-hydroxylation sites is 1. The van der Waals surface area contributed by atoms with Gasteiger partial charge in [-0.15, -0.1) is 11.8 Å². The molecule has 1 aromatic carbocycles. The molecular formula is C16H22F3NO5S. The van der Waals surface area contributed by atoms with Gasteiger partial charge in [0.05, 0.1) is 13.5 Å². The number of carboxylic acid groups (broad SMARTS) is 2. The van der Waals surface area contributed by atoms with Crippen molar-refractivity contribution in [1.82, 2.24) is 5.32 Å². The van der Waals surface area contributed by atoms with Crippen LogP contribution in [0.1, 0.15) is 13.3 Å². The summed E-state index contributed by atoms with van der Waals surface area (Å²) in [7, 11) is 1.68. The molecule has 0 amide bonds. The number of methoxy groups -OCH3 is 1. The summed E-state index contributed by atoms with van der Waals surface area (Å²) in [5, 5.41) is 18.8. The molecule has 10 heteroatoms. The lowest BCUT2D eigenvalue weighted by molar-refractivity contribution is -0.192. The normalized spacial score (nSPS) is 11.9. The van der Waals surface area contributed by atoms with Crippen LogP contribution in [0.15, 0.2) is 29.2 Å². The number of carbonyl (C=O) groups is 2. The molecule has 0 saturated heterocycles. The van der Waals surface area contributed by atoms with E-state index in [0.717, 1.165) is 22.9 Å². The van der Waals surface area contributed by atoms with Crippen LogP contribution in [0.3, 0.4) is 0 Å². The highest BCUT2D eigenvalue weighted by Gasteiger charge is 2.38. The van der Waals surface area contributed by atoms with Crippen molar-refractivity contribution in [3.05, 3.63) is 24.3 Å². The molecule has 0 heterocycles. The molecular weight excluding hydrogens is 375 g/mol. The second-order valence-electron chi connectivity index (χ2n) is 5.22. The average molecular weight is 397 g/mol. The SMILES string of the molecule is COc1ccccc1SCC(C)CNCCC(=O)O.O=C(O)C(F)(F)F. The van der Waals surface area contributed by atoms with E-state index in [2.05, 4.69) is 12.2 Å². The summed E-state index contributed by atoms with van der Waals surface area (Å²) in [5.74, 6) is -1.17. The third-order valence-corrected chi connectivity index (χ3v) is 4.23. The predicted molar refractivity (Wildman–Crippen MR) is 91.7 cm³/mol. The van der Waals surface area contributed by atoms with Gasteiger partial charge in [-0.25, -0.2) is 4.79 Å². The van der Waals surface area contributed by atoms with E-state index in [1.165, 1.54) is 0 Å². The maximum absolute atomic E-state index is 10.6. The fraction of sp³-hybridized carbons (Fsp3) is 0.500. The molecule has 0 spiro atoms. The smallest absolute Gasteiger partial charge is 0.490 e. The number of carboxylic acids is 2. The standard InChI is InChI=1S/C14H21NO3S.C2HF3O2/c1-11(9-15-8-7-14(16)17)10-19-13-6-4-3-5-12(13)18-2;3-2(4,5)1(6)7/h3-6,11,15H,7-10H2,1-2H3,(H,16,17);(H,6,7). The quantitative estimate of drug-likeness (QED) is 0.435. The van der Waals surface area contributed by atoms with E-state index < -0.39 is 18.1 Å². The van der Waals surface area contributed by atoms with Gasteiger partial charge >= 0.3 is 18.1 Å². The number of aliphatic carboxylic acids is 2. The molecule has 1 atom stereocenters. The highest BCUT2D eigenvalue weighted by atomic mass is 32.2. The minimum Gasteiger partial charge on any atom is -0.496 e. The maximum atomic E-state index is 10.6. The minimum absolute atomic E-state index is 0.173. The van der Waals surface area contributed by atoms with Crippen molar-refractivity contribution in [2.45, 2.75) is 24.4 Å². The molecule has 0 radical (unpaired) electrons. The van der Waals surface area contributed by atoms with Crippen LogP contribution in [-0.2, 0) is 9.59 Å². The second-order valence-corrected chi connectivity index (χ2v) is 6.28. The molecule has 6 nitrogen and oxygen atoms in total. The number of thioether (sulfide) groups is 1. The monoisotopic (exact) mass is 397 g/mol. The van der Waals surface area contributed by atoms with Crippen LogP contribution in [0, 0.1) is 5.92 Å². The number of rotatable bonds is 9. The van der Waals surface area contributed by atoms with Crippen LogP contribution in [0.25, 0.3) is 0 Å². The largest absolute Gasteiger partial charge is 0.496 e. The van der Waals surface area contributed by atoms with Crippen LogP contribution in [0.5, 0.6) is 5.75 Å². The molecule has 3 N–H and O–H groups in total. The highest BCUT2D eigenvalue weighted by molar-refractivity contribution is 7.99. The van der Waals surface area contributed by atoms with Gasteiger partial charge in [-0.1, -0.05) is 19.1 Å². The topological polar surface area (TPSA) is 95.9 Å². The Balaban J connectivity index is 0.000000758. The molecule has 0 aromatic heterocycles. The summed E-state index contributed by atoms with van der Waals surface area (Å²) in [6, 6.07) is 7.96. The van der Waals surface area contributed by atoms with Crippen molar-refractivity contribution in [2.75, 3.05) is 26.0 Å². The Morgan fingerprint density at radius 2 is 1.85 bits per heavy atom. The molecule has 0 aliphatic heterocycles. The summed E-state index contributed by atoms with van der Waals surface area (Å²) in [6.07, 6.45) is -4.91. The van der Waals surface area contributed by atoms with Crippen molar-refractivity contribution in [2.24, 2.45) is 5.92 Å². The Hall–Kier alpha value is -1.94. The van der Waals surface area contributed by atoms with Gasteiger partial charge < -0.3 is 20.3 Å². The first-order valence-electron chi connectivity index (χ1n) is 7.56. The van der Waals surface area contributed by atoms with Crippen molar-refractivity contribution in [3.8, 4) is 5.75 Å². The summed E-state index contributed by atoms with van der Waals surface area (Å²) in [6.45, 7) is 3.50. The van der Waals surface area contributed by atoms with Gasteiger partial charge in [0, 0.05) is 17.2 Å². The van der Waals surface area contributed by atoms with E-state index in [1.807, 2.05) is 24.3 Å². The van der Waals surface area contributed by atoms with Crippen LogP contribution < -0.4 is 10.1 Å². The summed E-state index contributed by atoms with van der Waals surface area (Å²) in [5.41, 5.74) is 0. The molecule has 26 heavy (non-hydrogen) atoms. The van der Waals surface area contributed by atoms with E-state index in [1.54, 1.807) is 18.9 Å². The van der Waals surface area contributed by atoms with Gasteiger partial charge in [0.15, 0.2) is 0 Å². The molecule has 148 valence electrons. The number of alkyl halides is 3. The number of hydrogen-bond donors (Lipinski definition) is 3. The van der Waals surface area contributed by atoms with Crippen LogP contribution in [0.2, 0.25) is 0 Å². The predicted octanol–water partition coefficient (Wildman–Crippen LogP) is 3.12. The first-order valence-corrected chi connectivity index (χ1v) is 8.55. The number of hydrogen-bond acceptors (Lipinski definition) is 5. The Morgan fingerprint density at radius 3 is 2.35 bits per heavy atom. The van der Waals surface area contributed by atoms with Crippen molar-refractivity contribution in [3.63, 3.8) is 0 Å². The third kappa shape index (κ3) is 11.6. The van der Waals surface area contributed by atoms with Crippen LogP contribution in [0.4, 0.5) is 13.2 Å². The zero-order chi connectivity index (χ0) is 20.2. The third-order valence-electron chi connectivity index (χ3n) is 2.84. The lowest BCUT2D eigenvalue weighted by Crippen LogP contribution is -2.24. The zero-order valence-electron chi connectivity index (χ0n) is 14.4. The highest BCUT2D eigenvalue weighted by Crippen LogP contribution is 2.29. The van der Waals surface area contributed by atoms with Crippen molar-refractivity contribution < 1.29 is 37.7 Å². The van der Waals surface area contributed by atoms with Crippen molar-refractivity contribution in [1.29, 1.82) is 0 Å². The van der Waals surface area contributed by atoms with Gasteiger partial charge in [-0.3, -0.25) is 4.79 Å². The van der Waals surface area contributed by atoms with E-state index >= 15 is 0 Å². The van der Waals surface area contributed by atoms with Gasteiger partial charge in [0.1, 0.15) is 5.75 Å². The van der Waals surface area contributed by atoms with Crippen LogP contribution >= 0.6 is 11.8 Å². The molecule has 0 saturated carbocycles. The number of halogens is 3. The van der Waals surface area contributed by atoms with Gasteiger partial charge in [-0.2, -0.15) is 13.2 Å². The fourth-order valence-electron chi connectivity index (χ4n) is 1.57. The number of benzene rings is 1. The summed E-state index contributed by atoms with van der Waals surface area (Å²) < 4.78 is 37.0. The first kappa shape index (κ1) is 24.1. The first-order chi connectivity index (χ1) is 12.1. The molecule has 1 rings (SSSR count). The molecule has 0 aliphatic carbocycles. The Labute approximate surface area is 153 Å². The zero-order valence-corrected chi connectivity index (χ0v) is 15.2. The van der Waals surface area contributed by atoms with Gasteiger partial charge in [0.25, 0.3) is 0 Å². The van der Waals surface area contributed by atoms with Crippen molar-refractivity contribution >= 4 is 23.7 Å². The summed E-state index contributed by atoms with van der Waals surface area (Å²) >= 11 is 1.76. The van der Waals surface area contributed by atoms with Crippen LogP contribution in [-0.4, -0.2) is 54.3 Å². The molecule has 0 aliphatic rings. The molecule has 1 unspecified atom stereocenters. The second kappa shape index (κ2) is 12.4. The molecule has 0 bridgehead atoms. The van der Waals surface area contributed by atoms with E-state index in [-0.39, 0.29) is 6.42 Å². The van der Waals surface area contributed by atoms with Gasteiger partial charge in [-0.05, 0) is 24.6 Å². The average Bonchev–Trinajstić information content (AvgIpc) is 2.56. The van der Waals surface area contributed by atoms with E-state index in [9.17, 15) is 18.0 Å². The summed E-state index contributed by atoms with van der Waals surface area (Å²) in [4.78, 5) is 20.4. The Morgan fingerprint density at radius 1 is 1.27 bits per heavy atom. The van der Waals surface area contributed by atoms with Gasteiger partial charge in [0.2, 0.25) is 0 Å². The van der Waals surface area contributed by atoms with E-state index in [0.29, 0.717) is 12.5 Å². The lowest BCUT2D eigenvalue weighted by atomic mass is 10.2. The minimum atomic E-state index is -5.08. The number of ether oxygens (including phenoxy) is 1. The molecule has 1 aromatic rings. The van der Waals surface area contributed by atoms with E-state index in [4.69, 9.17) is 19.7 Å². The number of nitrogens with one attached hydrogen (secondary N) is 1. The Kier molecular flexibility index (Phi) is 11.5. The fourth-order valence-corrected chi connectivity index (χ4v) is 2.62.